The SMILES string of the molecule is Cc1c(Cl)cccc1-n1cc(-c2ccccn2)c2c(N3CCN(C(=O)OC(C)(C)C)CC3C)ncnc21. The monoisotopic (exact) mass is 518 g/mol. The number of ether oxygens (including phenoxy) is 1. The average molecular weight is 519 g/mol. The Bertz CT molecular complexity index is 1450. The van der Waals surface area contributed by atoms with Gasteiger partial charge in [0.15, 0.2) is 5.65 Å². The maximum atomic E-state index is 12.7. The van der Waals surface area contributed by atoms with Gasteiger partial charge in [-0.15, -0.1) is 0 Å². The van der Waals surface area contributed by atoms with Gasteiger partial charge in [-0.1, -0.05) is 23.7 Å². The molecule has 37 heavy (non-hydrogen) atoms. The maximum Gasteiger partial charge on any atom is 0.410 e. The van der Waals surface area contributed by atoms with Crippen LogP contribution >= 0.6 is 11.6 Å². The Balaban J connectivity index is 1.60. The molecule has 0 bridgehead atoms. The lowest BCUT2D eigenvalue weighted by atomic mass is 10.1. The summed E-state index contributed by atoms with van der Waals surface area (Å²) in [7, 11) is 0. The van der Waals surface area contributed by atoms with Crippen molar-refractivity contribution in [3.05, 3.63) is 65.7 Å². The molecule has 1 fully saturated rings. The zero-order valence-corrected chi connectivity index (χ0v) is 22.5. The molecule has 9 heteroatoms. The van der Waals surface area contributed by atoms with Gasteiger partial charge in [0.2, 0.25) is 0 Å². The highest BCUT2D eigenvalue weighted by atomic mass is 35.5. The molecule has 1 atom stereocenters. The van der Waals surface area contributed by atoms with E-state index in [1.54, 1.807) is 17.4 Å². The molecule has 4 aromatic rings. The molecule has 0 spiro atoms. The number of piperazine rings is 1. The van der Waals surface area contributed by atoms with E-state index >= 15 is 0 Å². The molecule has 8 nitrogen and oxygen atoms in total. The third kappa shape index (κ3) is 4.85. The van der Waals surface area contributed by atoms with E-state index in [0.717, 1.165) is 39.4 Å². The van der Waals surface area contributed by atoms with Crippen LogP contribution in [0.15, 0.2) is 55.1 Å². The van der Waals surface area contributed by atoms with Crippen molar-refractivity contribution in [2.45, 2.75) is 46.3 Å². The molecule has 0 radical (unpaired) electrons. The number of hydrogen-bond donors (Lipinski definition) is 0. The van der Waals surface area contributed by atoms with Crippen molar-refractivity contribution in [3.8, 4) is 16.9 Å². The fourth-order valence-electron chi connectivity index (χ4n) is 4.79. The molecule has 1 amide bonds. The van der Waals surface area contributed by atoms with Crippen LogP contribution in [0, 0.1) is 6.92 Å². The van der Waals surface area contributed by atoms with Crippen LogP contribution in [-0.2, 0) is 4.74 Å². The smallest absolute Gasteiger partial charge is 0.410 e. The Kier molecular flexibility index (Phi) is 6.54. The highest BCUT2D eigenvalue weighted by molar-refractivity contribution is 6.31. The van der Waals surface area contributed by atoms with E-state index < -0.39 is 5.60 Å². The first-order chi connectivity index (χ1) is 17.6. The fraction of sp³-hybridized carbons (Fsp3) is 0.357. The number of nitrogens with zero attached hydrogens (tertiary/aromatic N) is 6. The number of rotatable bonds is 3. The molecule has 1 saturated heterocycles. The van der Waals surface area contributed by atoms with Crippen LogP contribution < -0.4 is 4.90 Å². The topological polar surface area (TPSA) is 76.4 Å². The Morgan fingerprint density at radius 3 is 2.59 bits per heavy atom. The normalized spacial score (nSPS) is 16.3. The Morgan fingerprint density at radius 2 is 1.89 bits per heavy atom. The lowest BCUT2D eigenvalue weighted by Crippen LogP contribution is -2.54. The molecule has 0 N–H and O–H groups in total. The number of aromatic nitrogens is 4. The minimum absolute atomic E-state index is 0.0206. The van der Waals surface area contributed by atoms with Crippen molar-refractivity contribution in [2.75, 3.05) is 24.5 Å². The highest BCUT2D eigenvalue weighted by Crippen LogP contribution is 2.38. The summed E-state index contributed by atoms with van der Waals surface area (Å²) in [6.07, 6.45) is 5.16. The summed E-state index contributed by atoms with van der Waals surface area (Å²) in [4.78, 5) is 30.8. The molecular formula is C28H31ClN6O2. The van der Waals surface area contributed by atoms with Gasteiger partial charge in [0.25, 0.3) is 0 Å². The number of fused-ring (bicyclic) bond motifs is 1. The number of carbonyl (C=O) groups is 1. The molecule has 0 aliphatic carbocycles. The molecule has 1 aliphatic heterocycles. The number of anilines is 1. The van der Waals surface area contributed by atoms with Crippen molar-refractivity contribution < 1.29 is 9.53 Å². The highest BCUT2D eigenvalue weighted by Gasteiger charge is 2.32. The van der Waals surface area contributed by atoms with Gasteiger partial charge in [0, 0.05) is 48.7 Å². The quantitative estimate of drug-likeness (QED) is 0.336. The van der Waals surface area contributed by atoms with Gasteiger partial charge in [0.1, 0.15) is 17.7 Å². The third-order valence-corrected chi connectivity index (χ3v) is 6.96. The van der Waals surface area contributed by atoms with Crippen LogP contribution in [-0.4, -0.2) is 61.8 Å². The van der Waals surface area contributed by atoms with E-state index in [2.05, 4.69) is 27.6 Å². The molecule has 4 heterocycles. The standard InChI is InChI=1S/C28H31ClN6O2/c1-18-15-33(27(36)37-28(3,4)5)13-14-34(18)25-24-20(22-10-6-7-12-30-22)16-35(26(24)32-17-31-25)23-11-8-9-21(29)19(23)2/h6-12,16-18H,13-15H2,1-5H3. The number of benzene rings is 1. The minimum Gasteiger partial charge on any atom is -0.444 e. The van der Waals surface area contributed by atoms with Crippen LogP contribution in [0.2, 0.25) is 5.02 Å². The van der Waals surface area contributed by atoms with E-state index in [0.29, 0.717) is 24.7 Å². The van der Waals surface area contributed by atoms with Gasteiger partial charge in [-0.05, 0) is 64.4 Å². The fourth-order valence-corrected chi connectivity index (χ4v) is 4.95. The lowest BCUT2D eigenvalue weighted by molar-refractivity contribution is 0.0218. The second kappa shape index (κ2) is 9.67. The predicted molar refractivity (Wildman–Crippen MR) is 146 cm³/mol. The van der Waals surface area contributed by atoms with Gasteiger partial charge >= 0.3 is 6.09 Å². The molecule has 1 unspecified atom stereocenters. The van der Waals surface area contributed by atoms with Gasteiger partial charge in [-0.25, -0.2) is 14.8 Å². The first-order valence-electron chi connectivity index (χ1n) is 12.4. The summed E-state index contributed by atoms with van der Waals surface area (Å²) in [5, 5.41) is 1.61. The second-order valence-corrected chi connectivity index (χ2v) is 10.8. The van der Waals surface area contributed by atoms with Crippen molar-refractivity contribution in [3.63, 3.8) is 0 Å². The molecular weight excluding hydrogens is 488 g/mol. The number of carbonyl (C=O) groups excluding carboxylic acids is 1. The largest absolute Gasteiger partial charge is 0.444 e. The summed E-state index contributed by atoms with van der Waals surface area (Å²) in [6.45, 7) is 11.4. The second-order valence-electron chi connectivity index (χ2n) is 10.4. The van der Waals surface area contributed by atoms with Crippen LogP contribution in [0.3, 0.4) is 0 Å². The maximum absolute atomic E-state index is 12.7. The molecule has 3 aromatic heterocycles. The van der Waals surface area contributed by atoms with E-state index in [9.17, 15) is 4.79 Å². The minimum atomic E-state index is -0.533. The van der Waals surface area contributed by atoms with E-state index in [1.807, 2.05) is 64.1 Å². The Labute approximate surface area is 221 Å². The van der Waals surface area contributed by atoms with E-state index in [1.165, 1.54) is 0 Å². The third-order valence-electron chi connectivity index (χ3n) is 6.55. The Hall–Kier alpha value is -3.65. The van der Waals surface area contributed by atoms with Crippen LogP contribution in [0.5, 0.6) is 0 Å². The van der Waals surface area contributed by atoms with Crippen LogP contribution in [0.25, 0.3) is 28.0 Å². The predicted octanol–water partition coefficient (Wildman–Crippen LogP) is 5.89. The average Bonchev–Trinajstić information content (AvgIpc) is 3.25. The van der Waals surface area contributed by atoms with E-state index in [-0.39, 0.29) is 12.1 Å². The number of amides is 1. The zero-order valence-electron chi connectivity index (χ0n) is 21.8. The number of hydrogen-bond acceptors (Lipinski definition) is 6. The zero-order chi connectivity index (χ0) is 26.3. The summed E-state index contributed by atoms with van der Waals surface area (Å²) in [5.41, 5.74) is 3.93. The van der Waals surface area contributed by atoms with Gasteiger partial charge < -0.3 is 19.1 Å². The summed E-state index contributed by atoms with van der Waals surface area (Å²) in [5.74, 6) is 0.820. The number of halogens is 1. The molecule has 1 aromatic carbocycles. The van der Waals surface area contributed by atoms with Crippen molar-refractivity contribution in [1.82, 2.24) is 24.4 Å². The van der Waals surface area contributed by atoms with Crippen molar-refractivity contribution in [1.29, 1.82) is 0 Å². The summed E-state index contributed by atoms with van der Waals surface area (Å²) >= 11 is 6.48. The number of pyridine rings is 1. The van der Waals surface area contributed by atoms with Crippen molar-refractivity contribution in [2.24, 2.45) is 0 Å². The molecule has 192 valence electrons. The molecule has 5 rings (SSSR count). The van der Waals surface area contributed by atoms with Gasteiger partial charge in [0.05, 0.1) is 16.8 Å². The molecule has 1 aliphatic rings. The van der Waals surface area contributed by atoms with Gasteiger partial charge in [-0.2, -0.15) is 0 Å². The Morgan fingerprint density at radius 1 is 1.08 bits per heavy atom. The summed E-state index contributed by atoms with van der Waals surface area (Å²) in [6, 6.07) is 11.8. The molecule has 0 saturated carbocycles. The van der Waals surface area contributed by atoms with Crippen LogP contribution in [0.4, 0.5) is 10.6 Å². The first kappa shape index (κ1) is 25.0. The van der Waals surface area contributed by atoms with Crippen LogP contribution in [0.1, 0.15) is 33.3 Å². The summed E-state index contributed by atoms with van der Waals surface area (Å²) < 4.78 is 7.67. The van der Waals surface area contributed by atoms with E-state index in [4.69, 9.17) is 26.3 Å². The lowest BCUT2D eigenvalue weighted by Gasteiger charge is -2.41. The first-order valence-corrected chi connectivity index (χ1v) is 12.8. The van der Waals surface area contributed by atoms with Crippen molar-refractivity contribution >= 4 is 34.5 Å². The van der Waals surface area contributed by atoms with Gasteiger partial charge in [-0.3, -0.25) is 4.98 Å².